The number of ether oxygens (including phenoxy) is 1. The number of nitrogens with zero attached hydrogens (tertiary/aromatic N) is 4. The zero-order valence-electron chi connectivity index (χ0n) is 12.7. The summed E-state index contributed by atoms with van der Waals surface area (Å²) in [6.45, 7) is 3.44. The lowest BCUT2D eigenvalue weighted by Crippen LogP contribution is -2.38. The fraction of sp³-hybridized carbons (Fsp3) is 0.294. The van der Waals surface area contributed by atoms with Crippen molar-refractivity contribution < 1.29 is 4.74 Å². The molecule has 0 saturated carbocycles. The molecule has 23 heavy (non-hydrogen) atoms. The minimum absolute atomic E-state index is 0.252. The maximum Gasteiger partial charge on any atom is 0.213 e. The van der Waals surface area contributed by atoms with E-state index in [0.717, 1.165) is 19.6 Å². The molecule has 0 N–H and O–H groups in total. The van der Waals surface area contributed by atoms with Crippen molar-refractivity contribution >= 4 is 11.3 Å². The van der Waals surface area contributed by atoms with Crippen LogP contribution in [0.15, 0.2) is 53.7 Å². The molecule has 4 rings (SSSR count). The third kappa shape index (κ3) is 3.28. The number of pyridine rings is 1. The summed E-state index contributed by atoms with van der Waals surface area (Å²) in [5.74, 6) is 0.670. The molecule has 0 fully saturated rings. The van der Waals surface area contributed by atoms with Gasteiger partial charge in [-0.3, -0.25) is 4.90 Å². The number of hydrogen-bond donors (Lipinski definition) is 0. The number of rotatable bonds is 5. The lowest BCUT2D eigenvalue weighted by molar-refractivity contribution is 0.134. The van der Waals surface area contributed by atoms with Crippen molar-refractivity contribution in [3.63, 3.8) is 0 Å². The largest absolute Gasteiger partial charge is 0.475 e. The molecule has 5 nitrogen and oxygen atoms in total. The Morgan fingerprint density at radius 1 is 1.30 bits per heavy atom. The monoisotopic (exact) mass is 326 g/mol. The lowest BCUT2D eigenvalue weighted by Gasteiger charge is -2.34. The molecule has 0 spiro atoms. The van der Waals surface area contributed by atoms with Gasteiger partial charge in [0.1, 0.15) is 6.61 Å². The fourth-order valence-corrected chi connectivity index (χ4v) is 3.63. The van der Waals surface area contributed by atoms with Crippen molar-refractivity contribution in [3.05, 3.63) is 65.0 Å². The first-order valence-corrected chi connectivity index (χ1v) is 8.61. The van der Waals surface area contributed by atoms with Crippen LogP contribution in [0.3, 0.4) is 0 Å². The van der Waals surface area contributed by atoms with E-state index in [2.05, 4.69) is 36.3 Å². The molecule has 1 atom stereocenters. The summed E-state index contributed by atoms with van der Waals surface area (Å²) >= 11 is 1.75. The van der Waals surface area contributed by atoms with E-state index < -0.39 is 0 Å². The molecule has 1 aliphatic heterocycles. The highest BCUT2D eigenvalue weighted by molar-refractivity contribution is 7.07. The van der Waals surface area contributed by atoms with Gasteiger partial charge in [-0.05, 0) is 28.5 Å². The SMILES string of the molecule is c1ccc(OC[C@@H]2CN(Cc3ccsc3)Cc3cncn32)nc1. The van der Waals surface area contributed by atoms with Crippen LogP contribution in [0.4, 0.5) is 0 Å². The van der Waals surface area contributed by atoms with Gasteiger partial charge in [0, 0.05) is 38.1 Å². The van der Waals surface area contributed by atoms with Crippen molar-refractivity contribution in [1.29, 1.82) is 0 Å². The van der Waals surface area contributed by atoms with Gasteiger partial charge < -0.3 is 9.30 Å². The summed E-state index contributed by atoms with van der Waals surface area (Å²) < 4.78 is 8.10. The molecule has 3 aromatic rings. The van der Waals surface area contributed by atoms with Crippen LogP contribution in [0.1, 0.15) is 17.3 Å². The van der Waals surface area contributed by atoms with Gasteiger partial charge in [-0.25, -0.2) is 9.97 Å². The second-order valence-electron chi connectivity index (χ2n) is 5.73. The Morgan fingerprint density at radius 2 is 2.30 bits per heavy atom. The minimum atomic E-state index is 0.252. The molecule has 0 bridgehead atoms. The maximum absolute atomic E-state index is 5.87. The molecule has 4 heterocycles. The van der Waals surface area contributed by atoms with E-state index in [1.165, 1.54) is 11.3 Å². The molecular weight excluding hydrogens is 308 g/mol. The number of imidazole rings is 1. The van der Waals surface area contributed by atoms with Crippen LogP contribution in [0.25, 0.3) is 0 Å². The highest BCUT2D eigenvalue weighted by Gasteiger charge is 2.25. The zero-order chi connectivity index (χ0) is 15.5. The Bertz CT molecular complexity index is 741. The van der Waals surface area contributed by atoms with Crippen molar-refractivity contribution in [2.75, 3.05) is 13.2 Å². The van der Waals surface area contributed by atoms with Crippen LogP contribution >= 0.6 is 11.3 Å². The molecule has 0 amide bonds. The molecule has 0 radical (unpaired) electrons. The predicted octanol–water partition coefficient (Wildman–Crippen LogP) is 2.98. The van der Waals surface area contributed by atoms with Gasteiger partial charge in [-0.1, -0.05) is 6.07 Å². The van der Waals surface area contributed by atoms with Gasteiger partial charge >= 0.3 is 0 Å². The van der Waals surface area contributed by atoms with Crippen LogP contribution in [0.2, 0.25) is 0 Å². The van der Waals surface area contributed by atoms with Gasteiger partial charge in [0.05, 0.1) is 18.1 Å². The molecule has 0 saturated heterocycles. The highest BCUT2D eigenvalue weighted by atomic mass is 32.1. The summed E-state index contributed by atoms with van der Waals surface area (Å²) in [5, 5.41) is 4.34. The van der Waals surface area contributed by atoms with Crippen LogP contribution in [0.5, 0.6) is 5.88 Å². The van der Waals surface area contributed by atoms with E-state index in [1.807, 2.05) is 30.7 Å². The normalized spacial score (nSPS) is 17.8. The molecule has 0 aliphatic carbocycles. The van der Waals surface area contributed by atoms with Gasteiger partial charge in [0.2, 0.25) is 5.88 Å². The third-order valence-electron chi connectivity index (χ3n) is 4.04. The van der Waals surface area contributed by atoms with Crippen LogP contribution < -0.4 is 4.74 Å². The summed E-state index contributed by atoms with van der Waals surface area (Å²) in [6.07, 6.45) is 5.61. The summed E-state index contributed by atoms with van der Waals surface area (Å²) in [6, 6.07) is 8.16. The van der Waals surface area contributed by atoms with E-state index in [9.17, 15) is 0 Å². The number of fused-ring (bicyclic) bond motifs is 1. The average molecular weight is 326 g/mol. The number of aromatic nitrogens is 3. The molecule has 118 valence electrons. The first-order chi connectivity index (χ1) is 11.4. The van der Waals surface area contributed by atoms with Gasteiger partial charge in [0.15, 0.2) is 0 Å². The maximum atomic E-state index is 5.87. The van der Waals surface area contributed by atoms with E-state index in [1.54, 1.807) is 17.5 Å². The Labute approximate surface area is 139 Å². The van der Waals surface area contributed by atoms with E-state index in [-0.39, 0.29) is 6.04 Å². The minimum Gasteiger partial charge on any atom is -0.475 e. The number of thiophene rings is 1. The molecular formula is C17H18N4OS. The average Bonchev–Trinajstić information content (AvgIpc) is 3.25. The molecule has 0 aromatic carbocycles. The van der Waals surface area contributed by atoms with Crippen LogP contribution in [-0.4, -0.2) is 32.6 Å². The summed E-state index contributed by atoms with van der Waals surface area (Å²) in [4.78, 5) is 11.0. The first kappa shape index (κ1) is 14.4. The molecule has 0 unspecified atom stereocenters. The lowest BCUT2D eigenvalue weighted by atomic mass is 10.1. The van der Waals surface area contributed by atoms with Crippen molar-refractivity contribution in [1.82, 2.24) is 19.4 Å². The van der Waals surface area contributed by atoms with Crippen molar-refractivity contribution in [2.45, 2.75) is 19.1 Å². The summed E-state index contributed by atoms with van der Waals surface area (Å²) in [5.41, 5.74) is 2.61. The van der Waals surface area contributed by atoms with Crippen molar-refractivity contribution in [3.8, 4) is 5.88 Å². The first-order valence-electron chi connectivity index (χ1n) is 7.66. The zero-order valence-corrected chi connectivity index (χ0v) is 13.5. The molecule has 6 heteroatoms. The van der Waals surface area contributed by atoms with E-state index >= 15 is 0 Å². The second-order valence-corrected chi connectivity index (χ2v) is 6.51. The standard InChI is InChI=1S/C17H18N4OS/c1-2-5-19-17(3-1)22-11-16-10-20(8-14-4-6-23-12-14)9-15-7-18-13-21(15)16/h1-7,12-13,16H,8-11H2/t16-/m0/s1. The second kappa shape index (κ2) is 6.52. The van der Waals surface area contributed by atoms with Crippen LogP contribution in [-0.2, 0) is 13.1 Å². The van der Waals surface area contributed by atoms with Crippen molar-refractivity contribution in [2.24, 2.45) is 0 Å². The van der Waals surface area contributed by atoms with Gasteiger partial charge in [-0.2, -0.15) is 11.3 Å². The topological polar surface area (TPSA) is 43.2 Å². The molecule has 3 aromatic heterocycles. The molecule has 1 aliphatic rings. The smallest absolute Gasteiger partial charge is 0.213 e. The Hall–Kier alpha value is -2.18. The fourth-order valence-electron chi connectivity index (χ4n) is 2.97. The highest BCUT2D eigenvalue weighted by Crippen LogP contribution is 2.23. The van der Waals surface area contributed by atoms with E-state index in [0.29, 0.717) is 12.5 Å². The van der Waals surface area contributed by atoms with Crippen LogP contribution in [0, 0.1) is 0 Å². The quantitative estimate of drug-likeness (QED) is 0.723. The Kier molecular flexibility index (Phi) is 4.08. The van der Waals surface area contributed by atoms with Gasteiger partial charge in [-0.15, -0.1) is 0 Å². The number of hydrogen-bond acceptors (Lipinski definition) is 5. The predicted molar refractivity (Wildman–Crippen MR) is 89.4 cm³/mol. The summed E-state index contributed by atoms with van der Waals surface area (Å²) in [7, 11) is 0. The van der Waals surface area contributed by atoms with Gasteiger partial charge in [0.25, 0.3) is 0 Å². The Balaban J connectivity index is 1.47. The Morgan fingerprint density at radius 3 is 3.13 bits per heavy atom. The van der Waals surface area contributed by atoms with E-state index in [4.69, 9.17) is 4.74 Å². The third-order valence-corrected chi connectivity index (χ3v) is 4.77.